The fourth-order valence-electron chi connectivity index (χ4n) is 5.55. The fourth-order valence-corrected chi connectivity index (χ4v) is 5.55. The average Bonchev–Trinajstić information content (AvgIpc) is 3.11. The van der Waals surface area contributed by atoms with Gasteiger partial charge in [-0.3, -0.25) is 0 Å². The van der Waals surface area contributed by atoms with Crippen molar-refractivity contribution in [1.82, 2.24) is 0 Å². The topological polar surface area (TPSA) is 90.2 Å². The molecule has 0 spiro atoms. The van der Waals surface area contributed by atoms with E-state index in [-0.39, 0.29) is 24.4 Å². The molecule has 5 nitrogen and oxygen atoms in total. The number of fused-ring (bicyclic) bond motifs is 2. The summed E-state index contributed by atoms with van der Waals surface area (Å²) in [7, 11) is 1.71. The number of aliphatic hydroxyl groups excluding tert-OH is 4. The third-order valence-corrected chi connectivity index (χ3v) is 7.25. The maximum Gasteiger partial charge on any atom is 0.102 e. The van der Waals surface area contributed by atoms with Gasteiger partial charge in [0.15, 0.2) is 0 Å². The molecule has 0 radical (unpaired) electrons. The molecular formula is C21H34O5. The van der Waals surface area contributed by atoms with Gasteiger partial charge >= 0.3 is 0 Å². The van der Waals surface area contributed by atoms with Crippen molar-refractivity contribution in [1.29, 1.82) is 0 Å². The van der Waals surface area contributed by atoms with Gasteiger partial charge in [0.25, 0.3) is 0 Å². The molecule has 0 bridgehead atoms. The number of hydrogen-bond acceptors (Lipinski definition) is 5. The summed E-state index contributed by atoms with van der Waals surface area (Å²) in [5.74, 6) is 0.272. The van der Waals surface area contributed by atoms with E-state index >= 15 is 0 Å². The van der Waals surface area contributed by atoms with Crippen LogP contribution in [0.15, 0.2) is 22.8 Å². The van der Waals surface area contributed by atoms with Crippen molar-refractivity contribution >= 4 is 0 Å². The predicted octanol–water partition coefficient (Wildman–Crippen LogP) is 1.65. The number of hydrogen-bond donors (Lipinski definition) is 4. The largest absolute Gasteiger partial charge is 0.396 e. The second kappa shape index (κ2) is 7.36. The molecule has 0 amide bonds. The molecule has 0 aromatic heterocycles. The molecule has 0 aromatic carbocycles. The van der Waals surface area contributed by atoms with Crippen LogP contribution >= 0.6 is 0 Å². The van der Waals surface area contributed by atoms with Crippen LogP contribution < -0.4 is 0 Å². The average molecular weight is 366 g/mol. The Morgan fingerprint density at radius 2 is 1.96 bits per heavy atom. The number of ether oxygens (including phenoxy) is 1. The van der Waals surface area contributed by atoms with Crippen LogP contribution in [0, 0.1) is 29.1 Å². The van der Waals surface area contributed by atoms with E-state index in [0.717, 1.165) is 18.4 Å². The summed E-state index contributed by atoms with van der Waals surface area (Å²) in [6.07, 6.45) is 2.00. The second-order valence-corrected chi connectivity index (χ2v) is 8.80. The minimum absolute atomic E-state index is 0.0362. The zero-order valence-electron chi connectivity index (χ0n) is 16.4. The SMILES string of the molecule is COC[C@H]1CC[C@@H]2/C1=C\[C@]1(C)C(=C([C@H](C)CO)C[C@@H]1O)[C@H](O)[C@H](O)[C@H]2C. The number of rotatable bonds is 4. The van der Waals surface area contributed by atoms with Crippen molar-refractivity contribution in [3.8, 4) is 0 Å². The molecule has 0 saturated heterocycles. The molecule has 3 aliphatic rings. The van der Waals surface area contributed by atoms with Crippen molar-refractivity contribution in [2.45, 2.75) is 58.3 Å². The molecule has 0 heterocycles. The Labute approximate surface area is 156 Å². The van der Waals surface area contributed by atoms with E-state index < -0.39 is 23.7 Å². The Balaban J connectivity index is 2.17. The molecule has 1 saturated carbocycles. The van der Waals surface area contributed by atoms with E-state index in [1.165, 1.54) is 5.57 Å². The van der Waals surface area contributed by atoms with Crippen LogP contribution in [0.4, 0.5) is 0 Å². The van der Waals surface area contributed by atoms with Crippen LogP contribution in [0.3, 0.4) is 0 Å². The van der Waals surface area contributed by atoms with E-state index in [2.05, 4.69) is 6.08 Å². The minimum Gasteiger partial charge on any atom is -0.396 e. The number of aliphatic hydroxyl groups is 4. The molecule has 3 rings (SSSR count). The summed E-state index contributed by atoms with van der Waals surface area (Å²) in [6, 6.07) is 0. The van der Waals surface area contributed by atoms with Crippen LogP contribution in [0.2, 0.25) is 0 Å². The molecule has 0 aliphatic heterocycles. The molecular weight excluding hydrogens is 332 g/mol. The van der Waals surface area contributed by atoms with E-state index in [1.807, 2.05) is 20.8 Å². The van der Waals surface area contributed by atoms with Gasteiger partial charge < -0.3 is 25.2 Å². The van der Waals surface area contributed by atoms with Crippen LogP contribution in [0.25, 0.3) is 0 Å². The van der Waals surface area contributed by atoms with Crippen molar-refractivity contribution in [2.24, 2.45) is 29.1 Å². The lowest BCUT2D eigenvalue weighted by Gasteiger charge is -2.41. The van der Waals surface area contributed by atoms with Gasteiger partial charge in [-0.15, -0.1) is 0 Å². The first kappa shape index (κ1) is 20.0. The van der Waals surface area contributed by atoms with E-state index in [9.17, 15) is 20.4 Å². The first-order chi connectivity index (χ1) is 12.3. The minimum atomic E-state index is -1.02. The Morgan fingerprint density at radius 1 is 1.27 bits per heavy atom. The first-order valence-corrected chi connectivity index (χ1v) is 9.86. The van der Waals surface area contributed by atoms with Gasteiger partial charge in [0.05, 0.1) is 18.8 Å². The molecule has 5 heteroatoms. The number of methoxy groups -OCH3 is 1. The van der Waals surface area contributed by atoms with Crippen LogP contribution in [-0.2, 0) is 4.74 Å². The zero-order valence-corrected chi connectivity index (χ0v) is 16.4. The Morgan fingerprint density at radius 3 is 2.58 bits per heavy atom. The van der Waals surface area contributed by atoms with Crippen LogP contribution in [-0.4, -0.2) is 59.1 Å². The summed E-state index contributed by atoms with van der Waals surface area (Å²) in [4.78, 5) is 0. The normalized spacial score (nSPS) is 46.2. The maximum absolute atomic E-state index is 11.1. The van der Waals surface area contributed by atoms with Crippen LogP contribution in [0.5, 0.6) is 0 Å². The predicted molar refractivity (Wildman–Crippen MR) is 99.4 cm³/mol. The van der Waals surface area contributed by atoms with Gasteiger partial charge in [-0.25, -0.2) is 0 Å². The lowest BCUT2D eigenvalue weighted by Crippen LogP contribution is -2.44. The zero-order chi connectivity index (χ0) is 19.2. The third-order valence-electron chi connectivity index (χ3n) is 7.25. The van der Waals surface area contributed by atoms with E-state index in [4.69, 9.17) is 4.74 Å². The van der Waals surface area contributed by atoms with Crippen molar-refractivity contribution in [2.75, 3.05) is 20.3 Å². The lowest BCUT2D eigenvalue weighted by atomic mass is 9.68. The summed E-state index contributed by atoms with van der Waals surface area (Å²) < 4.78 is 5.42. The van der Waals surface area contributed by atoms with E-state index in [0.29, 0.717) is 24.5 Å². The van der Waals surface area contributed by atoms with E-state index in [1.54, 1.807) is 7.11 Å². The fraction of sp³-hybridized carbons (Fsp3) is 0.810. The van der Waals surface area contributed by atoms with Gasteiger partial charge in [0.2, 0.25) is 0 Å². The molecule has 0 aromatic rings. The summed E-state index contributed by atoms with van der Waals surface area (Å²) in [5, 5.41) is 42.6. The Bertz CT molecular complexity index is 597. The third kappa shape index (κ3) is 2.98. The maximum atomic E-state index is 11.1. The molecule has 4 N–H and O–H groups in total. The summed E-state index contributed by atoms with van der Waals surface area (Å²) >= 11 is 0. The van der Waals surface area contributed by atoms with Gasteiger partial charge in [-0.2, -0.15) is 0 Å². The van der Waals surface area contributed by atoms with Crippen molar-refractivity contribution in [3.05, 3.63) is 22.8 Å². The highest BCUT2D eigenvalue weighted by Crippen LogP contribution is 2.54. The molecule has 3 aliphatic carbocycles. The Hall–Kier alpha value is -0.720. The van der Waals surface area contributed by atoms with Crippen molar-refractivity contribution in [3.63, 3.8) is 0 Å². The van der Waals surface area contributed by atoms with Crippen molar-refractivity contribution < 1.29 is 25.2 Å². The Kier molecular flexibility index (Phi) is 5.67. The molecule has 8 atom stereocenters. The lowest BCUT2D eigenvalue weighted by molar-refractivity contribution is -0.0218. The molecule has 148 valence electrons. The highest BCUT2D eigenvalue weighted by atomic mass is 16.5. The smallest absolute Gasteiger partial charge is 0.102 e. The highest BCUT2D eigenvalue weighted by molar-refractivity contribution is 5.43. The second-order valence-electron chi connectivity index (χ2n) is 8.80. The first-order valence-electron chi connectivity index (χ1n) is 9.86. The van der Waals surface area contributed by atoms with Gasteiger partial charge in [-0.05, 0) is 43.6 Å². The molecule has 1 fully saturated rings. The summed E-state index contributed by atoms with van der Waals surface area (Å²) in [5.41, 5.74) is 2.13. The van der Waals surface area contributed by atoms with Gasteiger partial charge in [0, 0.05) is 31.0 Å². The standard InChI is InChI=1S/C21H34O5/c1-11(9-22)15-7-17(23)21(3)8-16-13(10-26-4)5-6-14(16)12(2)19(24)20(25)18(15)21/h8,11-14,17,19-20,22-25H,5-7,9-10H2,1-4H3/b16-8-/t11-,12+,13-,14+,17+,19-,20+,21+/m1/s1. The highest BCUT2D eigenvalue weighted by Gasteiger charge is 2.52. The van der Waals surface area contributed by atoms with Gasteiger partial charge in [0.1, 0.15) is 6.10 Å². The monoisotopic (exact) mass is 366 g/mol. The quantitative estimate of drug-likeness (QED) is 0.568. The molecule has 26 heavy (non-hydrogen) atoms. The molecule has 0 unspecified atom stereocenters. The summed E-state index contributed by atoms with van der Waals surface area (Å²) in [6.45, 7) is 6.47. The van der Waals surface area contributed by atoms with Gasteiger partial charge in [-0.1, -0.05) is 31.1 Å². The van der Waals surface area contributed by atoms with Crippen LogP contribution in [0.1, 0.15) is 40.0 Å².